The van der Waals surface area contributed by atoms with Crippen molar-refractivity contribution in [1.82, 2.24) is 15.0 Å². The van der Waals surface area contributed by atoms with Crippen LogP contribution in [-0.2, 0) is 11.3 Å². The van der Waals surface area contributed by atoms with Gasteiger partial charge in [-0.25, -0.2) is 4.98 Å². The van der Waals surface area contributed by atoms with E-state index in [0.717, 1.165) is 10.6 Å². The maximum Gasteiger partial charge on any atom is 0.293 e. The van der Waals surface area contributed by atoms with E-state index in [2.05, 4.69) is 10.1 Å². The lowest BCUT2D eigenvalue weighted by atomic mass is 10.3. The van der Waals surface area contributed by atoms with Crippen molar-refractivity contribution >= 4 is 17.2 Å². The van der Waals surface area contributed by atoms with Gasteiger partial charge in [-0.1, -0.05) is 0 Å². The molecule has 120 valence electrons. The predicted octanol–water partition coefficient (Wildman–Crippen LogP) is 2.13. The first-order valence-corrected chi connectivity index (χ1v) is 7.80. The normalized spacial score (nSPS) is 10.7. The number of amides is 1. The molecular formula is C14H19N3O4S. The zero-order chi connectivity index (χ0) is 15.9. The Morgan fingerprint density at radius 1 is 1.50 bits per heavy atom. The summed E-state index contributed by atoms with van der Waals surface area (Å²) < 4.78 is 15.4. The summed E-state index contributed by atoms with van der Waals surface area (Å²) in [5, 5.41) is 3.72. The van der Waals surface area contributed by atoms with Gasteiger partial charge in [0.2, 0.25) is 5.76 Å². The summed E-state index contributed by atoms with van der Waals surface area (Å²) >= 11 is 1.52. The highest BCUT2D eigenvalue weighted by Gasteiger charge is 2.22. The molecule has 0 atom stereocenters. The topological polar surface area (TPSA) is 77.7 Å². The van der Waals surface area contributed by atoms with Gasteiger partial charge >= 0.3 is 0 Å². The van der Waals surface area contributed by atoms with E-state index in [9.17, 15) is 4.79 Å². The molecule has 0 spiro atoms. The van der Waals surface area contributed by atoms with Crippen LogP contribution in [0.1, 0.15) is 28.0 Å². The van der Waals surface area contributed by atoms with Crippen LogP contribution < -0.4 is 4.74 Å². The molecule has 0 aliphatic carbocycles. The minimum atomic E-state index is -0.247. The molecule has 0 N–H and O–H groups in total. The van der Waals surface area contributed by atoms with Gasteiger partial charge in [0.25, 0.3) is 11.8 Å². The Bertz CT molecular complexity index is 611. The van der Waals surface area contributed by atoms with E-state index in [1.54, 1.807) is 17.5 Å². The van der Waals surface area contributed by atoms with Gasteiger partial charge in [0.1, 0.15) is 0 Å². The Hall–Kier alpha value is -1.93. The molecule has 22 heavy (non-hydrogen) atoms. The van der Waals surface area contributed by atoms with Crippen LogP contribution in [0.3, 0.4) is 0 Å². The number of aromatic nitrogens is 2. The minimum Gasteiger partial charge on any atom is -0.476 e. The number of methoxy groups -OCH3 is 1. The second-order valence-electron chi connectivity index (χ2n) is 4.54. The first-order valence-electron chi connectivity index (χ1n) is 6.92. The molecular weight excluding hydrogens is 306 g/mol. The molecule has 0 bridgehead atoms. The summed E-state index contributed by atoms with van der Waals surface area (Å²) in [4.78, 5) is 19.5. The van der Waals surface area contributed by atoms with Crippen LogP contribution in [0.2, 0.25) is 0 Å². The average molecular weight is 325 g/mol. The molecule has 0 saturated heterocycles. The smallest absolute Gasteiger partial charge is 0.293 e. The summed E-state index contributed by atoms with van der Waals surface area (Å²) in [6, 6.07) is 1.51. The van der Waals surface area contributed by atoms with Gasteiger partial charge in [0.05, 0.1) is 37.0 Å². The number of ether oxygens (including phenoxy) is 2. The van der Waals surface area contributed by atoms with Crippen molar-refractivity contribution in [3.05, 3.63) is 27.9 Å². The molecule has 2 rings (SSSR count). The van der Waals surface area contributed by atoms with Crippen molar-refractivity contribution in [1.29, 1.82) is 0 Å². The van der Waals surface area contributed by atoms with Crippen LogP contribution in [0, 0.1) is 6.92 Å². The monoisotopic (exact) mass is 325 g/mol. The Morgan fingerprint density at radius 3 is 2.95 bits per heavy atom. The molecule has 0 aliphatic rings. The van der Waals surface area contributed by atoms with Crippen LogP contribution in [0.5, 0.6) is 5.88 Å². The lowest BCUT2D eigenvalue weighted by Crippen LogP contribution is -2.33. The summed E-state index contributed by atoms with van der Waals surface area (Å²) in [5.41, 5.74) is 2.69. The van der Waals surface area contributed by atoms with Crippen LogP contribution >= 0.6 is 11.3 Å². The van der Waals surface area contributed by atoms with Crippen LogP contribution in [0.15, 0.2) is 16.1 Å². The van der Waals surface area contributed by atoms with E-state index in [1.165, 1.54) is 17.4 Å². The number of thiazole rings is 1. The van der Waals surface area contributed by atoms with E-state index >= 15 is 0 Å². The number of hydrogen-bond donors (Lipinski definition) is 0. The summed E-state index contributed by atoms with van der Waals surface area (Å²) in [7, 11) is 1.60. The van der Waals surface area contributed by atoms with E-state index in [1.807, 2.05) is 13.8 Å². The first kappa shape index (κ1) is 16.4. The number of nitrogens with zero attached hydrogens (tertiary/aromatic N) is 3. The highest BCUT2D eigenvalue weighted by Crippen LogP contribution is 2.18. The average Bonchev–Trinajstić information content (AvgIpc) is 3.13. The second kappa shape index (κ2) is 7.90. The third-order valence-corrected chi connectivity index (χ3v) is 3.94. The number of rotatable bonds is 8. The Labute approximate surface area is 132 Å². The molecule has 0 fully saturated rings. The Balaban J connectivity index is 2.12. The van der Waals surface area contributed by atoms with Gasteiger partial charge < -0.3 is 18.9 Å². The van der Waals surface area contributed by atoms with Gasteiger partial charge in [-0.2, -0.15) is 0 Å². The molecule has 0 saturated carbocycles. The zero-order valence-corrected chi connectivity index (χ0v) is 13.7. The molecule has 0 unspecified atom stereocenters. The SMILES string of the molecule is CCOc1cc(C(=O)N(CCOC)Cc2scnc2C)on1. The van der Waals surface area contributed by atoms with Crippen LogP contribution in [-0.4, -0.2) is 47.8 Å². The molecule has 0 radical (unpaired) electrons. The molecule has 0 aliphatic heterocycles. The van der Waals surface area contributed by atoms with Crippen molar-refractivity contribution in [2.45, 2.75) is 20.4 Å². The van der Waals surface area contributed by atoms with Crippen molar-refractivity contribution in [3.8, 4) is 5.88 Å². The number of hydrogen-bond acceptors (Lipinski definition) is 7. The molecule has 1 amide bonds. The van der Waals surface area contributed by atoms with Crippen LogP contribution in [0.4, 0.5) is 0 Å². The molecule has 0 aromatic carbocycles. The quantitative estimate of drug-likeness (QED) is 0.740. The maximum absolute atomic E-state index is 12.6. The van der Waals surface area contributed by atoms with Crippen molar-refractivity contribution in [2.24, 2.45) is 0 Å². The van der Waals surface area contributed by atoms with Gasteiger partial charge in [-0.3, -0.25) is 4.79 Å². The predicted molar refractivity (Wildman–Crippen MR) is 81.1 cm³/mol. The third-order valence-electron chi connectivity index (χ3n) is 3.02. The highest BCUT2D eigenvalue weighted by molar-refractivity contribution is 7.09. The van der Waals surface area contributed by atoms with Gasteiger partial charge in [-0.05, 0) is 19.0 Å². The van der Waals surface area contributed by atoms with Crippen LogP contribution in [0.25, 0.3) is 0 Å². The van der Waals surface area contributed by atoms with Crippen molar-refractivity contribution < 1.29 is 18.8 Å². The fraction of sp³-hybridized carbons (Fsp3) is 0.500. The zero-order valence-electron chi connectivity index (χ0n) is 12.9. The van der Waals surface area contributed by atoms with E-state index in [0.29, 0.717) is 32.2 Å². The standard InChI is InChI=1S/C14H19N3O4S/c1-4-20-13-7-11(21-16-13)14(18)17(5-6-19-3)8-12-10(2)15-9-22-12/h7,9H,4-6,8H2,1-3H3. The lowest BCUT2D eigenvalue weighted by molar-refractivity contribution is 0.0641. The summed E-state index contributed by atoms with van der Waals surface area (Å²) in [6.45, 7) is 5.59. The Kier molecular flexibility index (Phi) is 5.91. The van der Waals surface area contributed by atoms with Crippen molar-refractivity contribution in [2.75, 3.05) is 26.9 Å². The van der Waals surface area contributed by atoms with E-state index < -0.39 is 0 Å². The van der Waals surface area contributed by atoms with Gasteiger partial charge in [0, 0.05) is 18.5 Å². The van der Waals surface area contributed by atoms with Crippen molar-refractivity contribution in [3.63, 3.8) is 0 Å². The van der Waals surface area contributed by atoms with E-state index in [4.69, 9.17) is 14.0 Å². The van der Waals surface area contributed by atoms with Gasteiger partial charge in [0.15, 0.2) is 0 Å². The number of aryl methyl sites for hydroxylation is 1. The highest BCUT2D eigenvalue weighted by atomic mass is 32.1. The molecule has 8 heteroatoms. The molecule has 2 aromatic heterocycles. The first-order chi connectivity index (χ1) is 10.7. The second-order valence-corrected chi connectivity index (χ2v) is 5.48. The third kappa shape index (κ3) is 4.05. The lowest BCUT2D eigenvalue weighted by Gasteiger charge is -2.20. The summed E-state index contributed by atoms with van der Waals surface area (Å²) in [5.74, 6) is 0.219. The number of carbonyl (C=O) groups excluding carboxylic acids is 1. The Morgan fingerprint density at radius 2 is 2.32 bits per heavy atom. The number of carbonyl (C=O) groups is 1. The largest absolute Gasteiger partial charge is 0.476 e. The van der Waals surface area contributed by atoms with E-state index in [-0.39, 0.29) is 11.7 Å². The summed E-state index contributed by atoms with van der Waals surface area (Å²) in [6.07, 6.45) is 0. The van der Waals surface area contributed by atoms with Gasteiger partial charge in [-0.15, -0.1) is 11.3 Å². The maximum atomic E-state index is 12.6. The minimum absolute atomic E-state index is 0.154. The fourth-order valence-electron chi connectivity index (χ4n) is 1.84. The fourth-order valence-corrected chi connectivity index (χ4v) is 2.63. The molecule has 2 heterocycles. The molecule has 7 nitrogen and oxygen atoms in total. The molecule has 2 aromatic rings.